The Balaban J connectivity index is 1.81. The SMILES string of the molecule is CC(C)c1ccc(NC(=O)C(c2ccccc2)N(C)C(=O)Cc2ccc[nH]2)cc1. The van der Waals surface area contributed by atoms with Crippen molar-refractivity contribution in [2.24, 2.45) is 0 Å². The van der Waals surface area contributed by atoms with Crippen molar-refractivity contribution in [2.75, 3.05) is 12.4 Å². The highest BCUT2D eigenvalue weighted by atomic mass is 16.2. The van der Waals surface area contributed by atoms with Gasteiger partial charge in [0.05, 0.1) is 6.42 Å². The molecule has 1 unspecified atom stereocenters. The largest absolute Gasteiger partial charge is 0.365 e. The van der Waals surface area contributed by atoms with Gasteiger partial charge in [-0.1, -0.05) is 56.3 Å². The molecule has 1 heterocycles. The van der Waals surface area contributed by atoms with Crippen LogP contribution < -0.4 is 5.32 Å². The fraction of sp³-hybridized carbons (Fsp3) is 0.250. The number of aromatic nitrogens is 1. The number of H-pyrrole nitrogens is 1. The molecular weight excluding hydrogens is 362 g/mol. The van der Waals surface area contributed by atoms with E-state index in [-0.39, 0.29) is 18.2 Å². The Labute approximate surface area is 171 Å². The molecule has 0 aliphatic carbocycles. The van der Waals surface area contributed by atoms with E-state index in [0.717, 1.165) is 11.3 Å². The standard InChI is InChI=1S/C24H27N3O2/c1-17(2)18-11-13-20(14-12-18)26-24(29)23(19-8-5-4-6-9-19)27(3)22(28)16-21-10-7-15-25-21/h4-15,17,23,25H,16H2,1-3H3,(H,26,29). The van der Waals surface area contributed by atoms with Crippen molar-refractivity contribution < 1.29 is 9.59 Å². The first kappa shape index (κ1) is 20.4. The van der Waals surface area contributed by atoms with Crippen LogP contribution in [-0.4, -0.2) is 28.7 Å². The Kier molecular flexibility index (Phi) is 6.50. The van der Waals surface area contributed by atoms with Crippen molar-refractivity contribution in [1.82, 2.24) is 9.88 Å². The van der Waals surface area contributed by atoms with Crippen LogP contribution in [0.4, 0.5) is 5.69 Å². The van der Waals surface area contributed by atoms with E-state index in [9.17, 15) is 9.59 Å². The van der Waals surface area contributed by atoms with Gasteiger partial charge in [0.1, 0.15) is 6.04 Å². The second-order valence-corrected chi connectivity index (χ2v) is 7.46. The average molecular weight is 389 g/mol. The molecule has 0 bridgehead atoms. The van der Waals surface area contributed by atoms with Gasteiger partial charge in [0.2, 0.25) is 5.91 Å². The summed E-state index contributed by atoms with van der Waals surface area (Å²) < 4.78 is 0. The lowest BCUT2D eigenvalue weighted by Crippen LogP contribution is -2.39. The van der Waals surface area contributed by atoms with Crippen molar-refractivity contribution in [3.8, 4) is 0 Å². The van der Waals surface area contributed by atoms with E-state index < -0.39 is 6.04 Å². The first-order valence-corrected chi connectivity index (χ1v) is 9.79. The monoisotopic (exact) mass is 389 g/mol. The summed E-state index contributed by atoms with van der Waals surface area (Å²) in [7, 11) is 1.67. The third-order valence-corrected chi connectivity index (χ3v) is 4.99. The van der Waals surface area contributed by atoms with Gasteiger partial charge in [0.15, 0.2) is 0 Å². The number of carbonyl (C=O) groups excluding carboxylic acids is 2. The fourth-order valence-corrected chi connectivity index (χ4v) is 3.26. The van der Waals surface area contributed by atoms with Crippen molar-refractivity contribution in [1.29, 1.82) is 0 Å². The van der Waals surface area contributed by atoms with Crippen molar-refractivity contribution >= 4 is 17.5 Å². The van der Waals surface area contributed by atoms with E-state index in [4.69, 9.17) is 0 Å². The number of carbonyl (C=O) groups is 2. The van der Waals surface area contributed by atoms with E-state index in [1.807, 2.05) is 66.7 Å². The first-order valence-electron chi connectivity index (χ1n) is 9.79. The number of aromatic amines is 1. The molecule has 1 aromatic heterocycles. The van der Waals surface area contributed by atoms with Gasteiger partial charge in [0.25, 0.3) is 5.91 Å². The summed E-state index contributed by atoms with van der Waals surface area (Å²) in [5.41, 5.74) is 3.51. The van der Waals surface area contributed by atoms with Crippen LogP contribution in [0.25, 0.3) is 0 Å². The second kappa shape index (κ2) is 9.24. The molecular formula is C24H27N3O2. The number of rotatable bonds is 7. The molecule has 2 amide bonds. The summed E-state index contributed by atoms with van der Waals surface area (Å²) >= 11 is 0. The fourth-order valence-electron chi connectivity index (χ4n) is 3.26. The topological polar surface area (TPSA) is 65.2 Å². The zero-order valence-electron chi connectivity index (χ0n) is 17.1. The third kappa shape index (κ3) is 5.13. The smallest absolute Gasteiger partial charge is 0.251 e. The number of likely N-dealkylation sites (N-methyl/N-ethyl adjacent to an activating group) is 1. The Bertz CT molecular complexity index is 932. The van der Waals surface area contributed by atoms with Crippen molar-refractivity contribution in [3.05, 3.63) is 89.7 Å². The summed E-state index contributed by atoms with van der Waals surface area (Å²) in [6, 6.07) is 20.2. The van der Waals surface area contributed by atoms with Gasteiger partial charge in [-0.15, -0.1) is 0 Å². The third-order valence-electron chi connectivity index (χ3n) is 4.99. The minimum Gasteiger partial charge on any atom is -0.365 e. The number of anilines is 1. The minimum absolute atomic E-state index is 0.133. The van der Waals surface area contributed by atoms with Crippen LogP contribution in [-0.2, 0) is 16.0 Å². The zero-order valence-corrected chi connectivity index (χ0v) is 17.1. The molecule has 5 heteroatoms. The predicted molar refractivity (Wildman–Crippen MR) is 116 cm³/mol. The van der Waals surface area contributed by atoms with Crippen molar-refractivity contribution in [2.45, 2.75) is 32.2 Å². The molecule has 0 fully saturated rings. The highest BCUT2D eigenvalue weighted by Crippen LogP contribution is 2.23. The summed E-state index contributed by atoms with van der Waals surface area (Å²) in [6.45, 7) is 4.26. The zero-order chi connectivity index (χ0) is 20.8. The molecule has 0 radical (unpaired) electrons. The number of benzene rings is 2. The van der Waals surface area contributed by atoms with E-state index in [0.29, 0.717) is 11.6 Å². The van der Waals surface area contributed by atoms with E-state index in [1.165, 1.54) is 10.5 Å². The average Bonchev–Trinajstić information content (AvgIpc) is 3.22. The molecule has 0 spiro atoms. The quantitative estimate of drug-likeness (QED) is 0.624. The van der Waals surface area contributed by atoms with Crippen LogP contribution in [0.5, 0.6) is 0 Å². The number of nitrogens with one attached hydrogen (secondary N) is 2. The second-order valence-electron chi connectivity index (χ2n) is 7.46. The van der Waals surface area contributed by atoms with Gasteiger partial charge in [0, 0.05) is 24.6 Å². The normalized spacial score (nSPS) is 11.9. The molecule has 0 aliphatic rings. The van der Waals surface area contributed by atoms with E-state index in [2.05, 4.69) is 24.1 Å². The maximum Gasteiger partial charge on any atom is 0.251 e. The number of hydrogen-bond acceptors (Lipinski definition) is 2. The van der Waals surface area contributed by atoms with Crippen LogP contribution in [0, 0.1) is 0 Å². The lowest BCUT2D eigenvalue weighted by molar-refractivity contribution is -0.136. The van der Waals surface area contributed by atoms with E-state index >= 15 is 0 Å². The molecule has 5 nitrogen and oxygen atoms in total. The lowest BCUT2D eigenvalue weighted by atomic mass is 10.0. The molecule has 150 valence electrons. The molecule has 0 aliphatic heterocycles. The predicted octanol–water partition coefficient (Wildman–Crippen LogP) is 4.52. The molecule has 29 heavy (non-hydrogen) atoms. The van der Waals surface area contributed by atoms with Gasteiger partial charge in [-0.05, 0) is 41.3 Å². The van der Waals surface area contributed by atoms with Crippen molar-refractivity contribution in [3.63, 3.8) is 0 Å². The molecule has 1 atom stereocenters. The van der Waals surface area contributed by atoms with Gasteiger partial charge in [-0.3, -0.25) is 9.59 Å². The van der Waals surface area contributed by atoms with Crippen LogP contribution in [0.2, 0.25) is 0 Å². The Morgan fingerprint density at radius 2 is 1.62 bits per heavy atom. The summed E-state index contributed by atoms with van der Waals surface area (Å²) in [5.74, 6) is 0.0519. The first-order chi connectivity index (χ1) is 14.0. The van der Waals surface area contributed by atoms with Gasteiger partial charge < -0.3 is 15.2 Å². The summed E-state index contributed by atoms with van der Waals surface area (Å²) in [6.07, 6.45) is 1.99. The van der Waals surface area contributed by atoms with Crippen LogP contribution in [0.1, 0.15) is 42.6 Å². The van der Waals surface area contributed by atoms with Crippen LogP contribution in [0.15, 0.2) is 72.9 Å². The molecule has 3 rings (SSSR count). The number of amides is 2. The maximum absolute atomic E-state index is 13.2. The molecule has 3 aromatic rings. The van der Waals surface area contributed by atoms with Gasteiger partial charge in [-0.25, -0.2) is 0 Å². The Morgan fingerprint density at radius 3 is 2.21 bits per heavy atom. The molecule has 2 aromatic carbocycles. The van der Waals surface area contributed by atoms with Crippen LogP contribution >= 0.6 is 0 Å². The number of hydrogen-bond donors (Lipinski definition) is 2. The number of nitrogens with zero attached hydrogens (tertiary/aromatic N) is 1. The maximum atomic E-state index is 13.2. The van der Waals surface area contributed by atoms with Crippen LogP contribution in [0.3, 0.4) is 0 Å². The van der Waals surface area contributed by atoms with Gasteiger partial charge >= 0.3 is 0 Å². The highest BCUT2D eigenvalue weighted by Gasteiger charge is 2.28. The lowest BCUT2D eigenvalue weighted by Gasteiger charge is -2.28. The molecule has 0 saturated carbocycles. The van der Waals surface area contributed by atoms with Gasteiger partial charge in [-0.2, -0.15) is 0 Å². The Hall–Kier alpha value is -3.34. The molecule has 0 saturated heterocycles. The van der Waals surface area contributed by atoms with E-state index in [1.54, 1.807) is 13.2 Å². The summed E-state index contributed by atoms with van der Waals surface area (Å²) in [4.78, 5) is 30.5. The Morgan fingerprint density at radius 1 is 0.931 bits per heavy atom. The highest BCUT2D eigenvalue weighted by molar-refractivity contribution is 5.98. The summed E-state index contributed by atoms with van der Waals surface area (Å²) in [5, 5.41) is 2.96. The molecule has 2 N–H and O–H groups in total. The minimum atomic E-state index is -0.719.